The lowest BCUT2D eigenvalue weighted by Gasteiger charge is -2.21. The van der Waals surface area contributed by atoms with Crippen molar-refractivity contribution >= 4 is 46.1 Å². The highest BCUT2D eigenvalue weighted by Crippen LogP contribution is 2.33. The molecule has 0 aliphatic carbocycles. The number of hydrogen-bond acceptors (Lipinski definition) is 8. The van der Waals surface area contributed by atoms with E-state index in [9.17, 15) is 9.59 Å². The molecule has 1 unspecified atom stereocenters. The largest absolute Gasteiger partial charge is 0.489 e. The molecule has 0 aliphatic heterocycles. The molecule has 0 aliphatic rings. The zero-order valence-corrected chi connectivity index (χ0v) is 20.1. The van der Waals surface area contributed by atoms with E-state index >= 15 is 0 Å². The molecule has 4 aromatic rings. The lowest BCUT2D eigenvalue weighted by molar-refractivity contribution is -0.151. The number of ketones is 1. The second kappa shape index (κ2) is 10.6. The standard InChI is InChI=1S/C25H21ClN2O5S/c1-3-31-25(30)24(19-6-4-5-7-20(19)26)33-23-13-17(9-10-18(23)15(2)29)32-14-16-8-11-21-22(12-16)28-34-27-21/h4-13,24H,3,14H2,1-2H3. The highest BCUT2D eigenvalue weighted by atomic mass is 35.5. The van der Waals surface area contributed by atoms with Crippen molar-refractivity contribution in [2.75, 3.05) is 6.61 Å². The van der Waals surface area contributed by atoms with Crippen molar-refractivity contribution in [3.05, 3.63) is 82.4 Å². The molecule has 1 heterocycles. The first-order valence-electron chi connectivity index (χ1n) is 10.5. The maximum Gasteiger partial charge on any atom is 0.352 e. The summed E-state index contributed by atoms with van der Waals surface area (Å²) < 4.78 is 25.6. The van der Waals surface area contributed by atoms with Gasteiger partial charge in [-0.2, -0.15) is 8.75 Å². The summed E-state index contributed by atoms with van der Waals surface area (Å²) in [4.78, 5) is 25.0. The van der Waals surface area contributed by atoms with Crippen molar-refractivity contribution in [2.24, 2.45) is 0 Å². The van der Waals surface area contributed by atoms with Crippen molar-refractivity contribution < 1.29 is 23.8 Å². The number of carbonyl (C=O) groups is 2. The highest BCUT2D eigenvalue weighted by molar-refractivity contribution is 7.00. The van der Waals surface area contributed by atoms with Crippen molar-refractivity contribution in [3.63, 3.8) is 0 Å². The van der Waals surface area contributed by atoms with Gasteiger partial charge >= 0.3 is 5.97 Å². The number of Topliss-reactive ketones (excluding diaryl/α,β-unsaturated/α-hetero) is 1. The highest BCUT2D eigenvalue weighted by Gasteiger charge is 2.28. The Bertz CT molecular complexity index is 1340. The second-order valence-corrected chi connectivity index (χ2v) is 8.30. The normalized spacial score (nSPS) is 11.7. The van der Waals surface area contributed by atoms with Gasteiger partial charge in [-0.1, -0.05) is 35.9 Å². The van der Waals surface area contributed by atoms with Crippen LogP contribution in [0.1, 0.15) is 41.4 Å². The van der Waals surface area contributed by atoms with E-state index < -0.39 is 12.1 Å². The third-order valence-corrected chi connectivity index (χ3v) is 5.89. The lowest BCUT2D eigenvalue weighted by atomic mass is 10.1. The lowest BCUT2D eigenvalue weighted by Crippen LogP contribution is -2.22. The smallest absolute Gasteiger partial charge is 0.352 e. The molecule has 0 N–H and O–H groups in total. The van der Waals surface area contributed by atoms with Gasteiger partial charge in [0.2, 0.25) is 6.10 Å². The number of fused-ring (bicyclic) bond motifs is 1. The predicted molar refractivity (Wildman–Crippen MR) is 130 cm³/mol. The molecule has 4 rings (SSSR count). The number of hydrogen-bond donors (Lipinski definition) is 0. The van der Waals surface area contributed by atoms with Crippen molar-refractivity contribution in [3.8, 4) is 11.5 Å². The molecule has 0 saturated heterocycles. The molecule has 0 saturated carbocycles. The number of aromatic nitrogens is 2. The Hall–Kier alpha value is -3.49. The molecule has 34 heavy (non-hydrogen) atoms. The number of benzene rings is 3. The average molecular weight is 497 g/mol. The monoisotopic (exact) mass is 496 g/mol. The van der Waals surface area contributed by atoms with Crippen LogP contribution in [0, 0.1) is 0 Å². The van der Waals surface area contributed by atoms with Gasteiger partial charge in [-0.25, -0.2) is 4.79 Å². The van der Waals surface area contributed by atoms with Crippen LogP contribution in [-0.4, -0.2) is 27.1 Å². The van der Waals surface area contributed by atoms with E-state index in [2.05, 4.69) is 8.75 Å². The third kappa shape index (κ3) is 5.35. The van der Waals surface area contributed by atoms with Gasteiger partial charge in [-0.3, -0.25) is 4.79 Å². The van der Waals surface area contributed by atoms with E-state index in [1.807, 2.05) is 18.2 Å². The van der Waals surface area contributed by atoms with Gasteiger partial charge in [0.05, 0.1) is 23.9 Å². The van der Waals surface area contributed by atoms with Gasteiger partial charge in [0, 0.05) is 16.7 Å². The summed E-state index contributed by atoms with van der Waals surface area (Å²) in [6, 6.07) is 17.4. The first-order valence-corrected chi connectivity index (χ1v) is 11.6. The fraction of sp³-hybridized carbons (Fsp3) is 0.200. The Morgan fingerprint density at radius 3 is 2.59 bits per heavy atom. The van der Waals surface area contributed by atoms with Gasteiger partial charge in [0.15, 0.2) is 5.78 Å². The Morgan fingerprint density at radius 1 is 1.03 bits per heavy atom. The van der Waals surface area contributed by atoms with E-state index in [4.69, 9.17) is 25.8 Å². The third-order valence-electron chi connectivity index (χ3n) is 4.99. The van der Waals surface area contributed by atoms with Crippen LogP contribution in [0.15, 0.2) is 60.7 Å². The van der Waals surface area contributed by atoms with E-state index in [-0.39, 0.29) is 24.7 Å². The van der Waals surface area contributed by atoms with Crippen molar-refractivity contribution in [2.45, 2.75) is 26.6 Å². The molecule has 0 bridgehead atoms. The molecule has 0 amide bonds. The van der Waals surface area contributed by atoms with Crippen molar-refractivity contribution in [1.82, 2.24) is 8.75 Å². The van der Waals surface area contributed by atoms with E-state index in [1.54, 1.807) is 49.4 Å². The van der Waals surface area contributed by atoms with Crippen LogP contribution in [0.4, 0.5) is 0 Å². The Morgan fingerprint density at radius 2 is 1.82 bits per heavy atom. The Kier molecular flexibility index (Phi) is 7.40. The van der Waals surface area contributed by atoms with Crippen LogP contribution in [0.25, 0.3) is 11.0 Å². The molecule has 1 atom stereocenters. The van der Waals surface area contributed by atoms with Crippen LogP contribution in [0.3, 0.4) is 0 Å². The molecule has 1 aromatic heterocycles. The average Bonchev–Trinajstić information content (AvgIpc) is 3.30. The number of rotatable bonds is 9. The molecule has 9 heteroatoms. The maximum atomic E-state index is 12.7. The van der Waals surface area contributed by atoms with E-state index in [1.165, 1.54) is 6.92 Å². The molecular weight excluding hydrogens is 476 g/mol. The minimum atomic E-state index is -1.15. The van der Waals surface area contributed by atoms with Crippen LogP contribution in [0.5, 0.6) is 11.5 Å². The fourth-order valence-electron chi connectivity index (χ4n) is 3.34. The minimum Gasteiger partial charge on any atom is -0.489 e. The van der Waals surface area contributed by atoms with Crippen LogP contribution >= 0.6 is 23.3 Å². The molecule has 0 spiro atoms. The number of esters is 1. The Labute approximate surface area is 205 Å². The summed E-state index contributed by atoms with van der Waals surface area (Å²) in [5.74, 6) is -0.160. The molecule has 0 fully saturated rings. The topological polar surface area (TPSA) is 87.6 Å². The predicted octanol–water partition coefficient (Wildman–Crippen LogP) is 5.81. The first-order chi connectivity index (χ1) is 16.5. The summed E-state index contributed by atoms with van der Waals surface area (Å²) in [5, 5.41) is 0.351. The SMILES string of the molecule is CCOC(=O)C(Oc1cc(OCc2ccc3nsnc3c2)ccc1C(C)=O)c1ccccc1Cl. The first kappa shape index (κ1) is 23.7. The minimum absolute atomic E-state index is 0.171. The zero-order chi connectivity index (χ0) is 24.1. The zero-order valence-electron chi connectivity index (χ0n) is 18.5. The summed E-state index contributed by atoms with van der Waals surface area (Å²) in [5.41, 5.74) is 3.30. The molecule has 7 nitrogen and oxygen atoms in total. The Balaban J connectivity index is 1.61. The van der Waals surface area contributed by atoms with Crippen LogP contribution in [0.2, 0.25) is 5.02 Å². The fourth-order valence-corrected chi connectivity index (χ4v) is 4.09. The molecule has 3 aromatic carbocycles. The van der Waals surface area contributed by atoms with Gasteiger partial charge < -0.3 is 14.2 Å². The number of nitrogens with zero attached hydrogens (tertiary/aromatic N) is 2. The molecular formula is C25H21ClN2O5S. The van der Waals surface area contributed by atoms with Crippen LogP contribution < -0.4 is 9.47 Å². The summed E-state index contributed by atoms with van der Waals surface area (Å²) in [6.07, 6.45) is -1.15. The molecule has 174 valence electrons. The maximum absolute atomic E-state index is 12.7. The molecule has 0 radical (unpaired) electrons. The number of halogens is 1. The summed E-state index contributed by atoms with van der Waals surface area (Å²) in [6.45, 7) is 3.58. The van der Waals surface area contributed by atoms with Crippen molar-refractivity contribution in [1.29, 1.82) is 0 Å². The summed E-state index contributed by atoms with van der Waals surface area (Å²) in [7, 11) is 0. The van der Waals surface area contributed by atoms with E-state index in [0.29, 0.717) is 21.9 Å². The quantitative estimate of drug-likeness (QED) is 0.213. The second-order valence-electron chi connectivity index (χ2n) is 7.36. The van der Waals surface area contributed by atoms with Gasteiger partial charge in [-0.05, 0) is 49.7 Å². The number of ether oxygens (including phenoxy) is 3. The number of carbonyl (C=O) groups excluding carboxylic acids is 2. The summed E-state index contributed by atoms with van der Waals surface area (Å²) >= 11 is 7.48. The van der Waals surface area contributed by atoms with Gasteiger partial charge in [0.1, 0.15) is 29.1 Å². The van der Waals surface area contributed by atoms with E-state index in [0.717, 1.165) is 28.3 Å². The van der Waals surface area contributed by atoms with Gasteiger partial charge in [-0.15, -0.1) is 0 Å². The van der Waals surface area contributed by atoms with Crippen LogP contribution in [-0.2, 0) is 16.1 Å². The van der Waals surface area contributed by atoms with Gasteiger partial charge in [0.25, 0.3) is 0 Å².